The van der Waals surface area contributed by atoms with Crippen molar-refractivity contribution in [2.75, 3.05) is 19.3 Å². The Morgan fingerprint density at radius 1 is 1.57 bits per heavy atom. The molecule has 14 heavy (non-hydrogen) atoms. The van der Waals surface area contributed by atoms with Gasteiger partial charge < -0.3 is 15.2 Å². The van der Waals surface area contributed by atoms with E-state index in [4.69, 9.17) is 5.73 Å². The molecule has 0 amide bonds. The minimum Gasteiger partial charge on any atom is -0.344 e. The molecule has 1 atom stereocenters. The van der Waals surface area contributed by atoms with Crippen LogP contribution < -0.4 is 11.1 Å². The van der Waals surface area contributed by atoms with Crippen molar-refractivity contribution >= 4 is 45.6 Å². The van der Waals surface area contributed by atoms with Gasteiger partial charge in [-0.25, -0.2) is 4.79 Å². The smallest absolute Gasteiger partial charge is 0.338 e. The van der Waals surface area contributed by atoms with Crippen LogP contribution in [-0.2, 0) is 19.1 Å². The number of nitrogens with two attached hydrogens (primary N) is 1. The molecule has 0 spiro atoms. The number of carbonyl (C=O) groups is 1. The maximum absolute atomic E-state index is 11.0. The molecule has 3 N–H and O–H groups in total. The van der Waals surface area contributed by atoms with E-state index < -0.39 is 22.1 Å². The molecule has 0 aliphatic rings. The van der Waals surface area contributed by atoms with Crippen LogP contribution in [-0.4, -0.2) is 69.3 Å². The largest absolute Gasteiger partial charge is 0.344 e. The van der Waals surface area contributed by atoms with Crippen LogP contribution in [0, 0.1) is 0 Å². The Hall–Kier alpha value is 0.340. The Bertz CT molecular complexity index is 267. The average Bonchev–Trinajstić information content (AvgIpc) is 2.01. The van der Waals surface area contributed by atoms with E-state index in [-0.39, 0.29) is 41.9 Å². The Labute approximate surface area is 106 Å². The molecule has 0 saturated heterocycles. The fourth-order valence-corrected chi connectivity index (χ4v) is 1.27. The van der Waals surface area contributed by atoms with Crippen LogP contribution in [0.25, 0.3) is 0 Å². The van der Waals surface area contributed by atoms with Crippen LogP contribution in [0.3, 0.4) is 0 Å². The van der Waals surface area contributed by atoms with Gasteiger partial charge >= 0.3 is 16.1 Å². The zero-order chi connectivity index (χ0) is 10.5. The molecule has 0 rings (SSSR count). The minimum atomic E-state index is -3.80. The quantitative estimate of drug-likeness (QED) is 0.423. The summed E-state index contributed by atoms with van der Waals surface area (Å²) in [7, 11) is -2.27. The van der Waals surface area contributed by atoms with Crippen molar-refractivity contribution in [3.05, 3.63) is 0 Å². The summed E-state index contributed by atoms with van der Waals surface area (Å²) in [6.45, 7) is 1.43. The Kier molecular flexibility index (Phi) is 9.11. The SMILES string of the molecule is CN[C@@H](C)C(=O)OS(=O)(=O)CCN.[Na]. The van der Waals surface area contributed by atoms with Gasteiger partial charge in [0.25, 0.3) is 0 Å². The zero-order valence-corrected chi connectivity index (χ0v) is 11.4. The molecule has 0 aliphatic heterocycles. The monoisotopic (exact) mass is 233 g/mol. The topological polar surface area (TPSA) is 98.5 Å². The Balaban J connectivity index is 0. The van der Waals surface area contributed by atoms with Gasteiger partial charge in [-0.15, -0.1) is 0 Å². The summed E-state index contributed by atoms with van der Waals surface area (Å²) in [6.07, 6.45) is 0. The molecule has 0 aromatic rings. The van der Waals surface area contributed by atoms with Crippen molar-refractivity contribution in [2.24, 2.45) is 5.73 Å². The molecule has 0 heterocycles. The van der Waals surface area contributed by atoms with Gasteiger partial charge in [-0.1, -0.05) is 0 Å². The van der Waals surface area contributed by atoms with Crippen LogP contribution >= 0.6 is 0 Å². The van der Waals surface area contributed by atoms with E-state index in [1.165, 1.54) is 14.0 Å². The number of nitrogens with one attached hydrogen (secondary N) is 1. The van der Waals surface area contributed by atoms with E-state index >= 15 is 0 Å². The summed E-state index contributed by atoms with van der Waals surface area (Å²) in [6, 6.07) is -0.646. The molecule has 6 nitrogen and oxygen atoms in total. The molecular formula is C6H14N2NaO4S. The second kappa shape index (κ2) is 7.61. The van der Waals surface area contributed by atoms with Crippen LogP contribution in [0.2, 0.25) is 0 Å². The molecule has 79 valence electrons. The van der Waals surface area contributed by atoms with Gasteiger partial charge in [-0.05, 0) is 14.0 Å². The van der Waals surface area contributed by atoms with E-state index in [0.717, 1.165) is 0 Å². The van der Waals surface area contributed by atoms with Crippen molar-refractivity contribution in [1.29, 1.82) is 0 Å². The van der Waals surface area contributed by atoms with Gasteiger partial charge in [0.05, 0.1) is 5.75 Å². The molecule has 0 aromatic carbocycles. The van der Waals surface area contributed by atoms with Gasteiger partial charge in [-0.3, -0.25) is 0 Å². The molecule has 1 radical (unpaired) electrons. The first-order valence-corrected chi connectivity index (χ1v) is 5.34. The predicted molar refractivity (Wildman–Crippen MR) is 53.2 cm³/mol. The summed E-state index contributed by atoms with van der Waals surface area (Å²) >= 11 is 0. The number of hydrogen-bond donors (Lipinski definition) is 2. The van der Waals surface area contributed by atoms with Crippen molar-refractivity contribution in [3.63, 3.8) is 0 Å². The van der Waals surface area contributed by atoms with Gasteiger partial charge in [0.1, 0.15) is 6.04 Å². The number of carbonyl (C=O) groups excluding carboxylic acids is 1. The van der Waals surface area contributed by atoms with Gasteiger partial charge in [0.15, 0.2) is 0 Å². The van der Waals surface area contributed by atoms with Gasteiger partial charge in [0, 0.05) is 36.1 Å². The number of hydrogen-bond acceptors (Lipinski definition) is 6. The molecule has 0 unspecified atom stereocenters. The number of rotatable bonds is 5. The fraction of sp³-hybridized carbons (Fsp3) is 0.833. The maximum atomic E-state index is 11.0. The standard InChI is InChI=1S/C6H14N2O4S.Na/c1-5(8-2)6(9)12-13(10,11)4-3-7;/h5,8H,3-4,7H2,1-2H3;/t5-;/m0./s1. The first-order valence-electron chi connectivity index (χ1n) is 3.76. The third kappa shape index (κ3) is 6.74. The normalized spacial score (nSPS) is 12.8. The zero-order valence-electron chi connectivity index (χ0n) is 8.61. The van der Waals surface area contributed by atoms with Crippen LogP contribution in [0.4, 0.5) is 0 Å². The Morgan fingerprint density at radius 2 is 2.07 bits per heavy atom. The van der Waals surface area contributed by atoms with E-state index in [1.54, 1.807) is 0 Å². The first-order chi connectivity index (χ1) is 5.93. The third-order valence-corrected chi connectivity index (χ3v) is 2.52. The molecular weight excluding hydrogens is 219 g/mol. The van der Waals surface area contributed by atoms with E-state index in [1.807, 2.05) is 0 Å². The fourth-order valence-electron chi connectivity index (χ4n) is 0.501. The van der Waals surface area contributed by atoms with E-state index in [9.17, 15) is 13.2 Å². The molecule has 0 fully saturated rings. The molecule has 0 saturated carbocycles. The molecule has 0 aromatic heterocycles. The molecule has 0 aliphatic carbocycles. The van der Waals surface area contributed by atoms with Gasteiger partial charge in [-0.2, -0.15) is 8.42 Å². The van der Waals surface area contributed by atoms with Crippen molar-refractivity contribution in [1.82, 2.24) is 5.32 Å². The Morgan fingerprint density at radius 3 is 2.43 bits per heavy atom. The molecule has 8 heteroatoms. The summed E-state index contributed by atoms with van der Waals surface area (Å²) in [4.78, 5) is 11.0. The summed E-state index contributed by atoms with van der Waals surface area (Å²) in [5.41, 5.74) is 5.01. The summed E-state index contributed by atoms with van der Waals surface area (Å²) < 4.78 is 26.0. The molecule has 0 bridgehead atoms. The van der Waals surface area contributed by atoms with Crippen LogP contribution in [0.1, 0.15) is 6.92 Å². The first kappa shape index (κ1) is 16.8. The van der Waals surface area contributed by atoms with Gasteiger partial charge in [0.2, 0.25) is 0 Å². The van der Waals surface area contributed by atoms with Crippen molar-refractivity contribution in [2.45, 2.75) is 13.0 Å². The number of likely N-dealkylation sites (N-methyl/N-ethyl adjacent to an activating group) is 1. The van der Waals surface area contributed by atoms with Crippen molar-refractivity contribution < 1.29 is 17.4 Å². The minimum absolute atomic E-state index is 0. The van der Waals surface area contributed by atoms with Crippen molar-refractivity contribution in [3.8, 4) is 0 Å². The second-order valence-electron chi connectivity index (χ2n) is 2.46. The van der Waals surface area contributed by atoms with Crippen LogP contribution in [0.5, 0.6) is 0 Å². The summed E-state index contributed by atoms with van der Waals surface area (Å²) in [5, 5.41) is 2.56. The average molecular weight is 233 g/mol. The second-order valence-corrected chi connectivity index (χ2v) is 4.15. The van der Waals surface area contributed by atoms with E-state index in [2.05, 4.69) is 9.50 Å². The third-order valence-electron chi connectivity index (χ3n) is 1.36. The van der Waals surface area contributed by atoms with Crippen LogP contribution in [0.15, 0.2) is 0 Å². The summed E-state index contributed by atoms with van der Waals surface area (Å²) in [5.74, 6) is -1.18. The maximum Gasteiger partial charge on any atom is 0.338 e. The van der Waals surface area contributed by atoms with E-state index in [0.29, 0.717) is 0 Å². The predicted octanol–water partition coefficient (Wildman–Crippen LogP) is -1.95.